The van der Waals surface area contributed by atoms with Crippen LogP contribution in [-0.4, -0.2) is 20.1 Å². The molecule has 0 spiro atoms. The molecule has 0 amide bonds. The highest BCUT2D eigenvalue weighted by molar-refractivity contribution is 5.36. The zero-order chi connectivity index (χ0) is 11.5. The molecule has 4 nitrogen and oxygen atoms in total. The van der Waals surface area contributed by atoms with Gasteiger partial charge in [-0.25, -0.2) is 4.68 Å². The number of hydrogen-bond donors (Lipinski definition) is 1. The van der Waals surface area contributed by atoms with Gasteiger partial charge in [0.25, 0.3) is 0 Å². The quantitative estimate of drug-likeness (QED) is 0.850. The second kappa shape index (κ2) is 4.45. The summed E-state index contributed by atoms with van der Waals surface area (Å²) < 4.78 is 1.75. The van der Waals surface area contributed by atoms with Crippen molar-refractivity contribution in [2.75, 3.05) is 0 Å². The zero-order valence-electron chi connectivity index (χ0n) is 9.51. The minimum Gasteiger partial charge on any atom is -0.390 e. The summed E-state index contributed by atoms with van der Waals surface area (Å²) in [5.41, 5.74) is 3.76. The van der Waals surface area contributed by atoms with Gasteiger partial charge in [-0.1, -0.05) is 24.3 Å². The van der Waals surface area contributed by atoms with Gasteiger partial charge in [0.05, 0.1) is 18.0 Å². The van der Waals surface area contributed by atoms with Crippen LogP contribution in [0.3, 0.4) is 0 Å². The van der Waals surface area contributed by atoms with Crippen molar-refractivity contribution in [2.45, 2.75) is 26.9 Å². The summed E-state index contributed by atoms with van der Waals surface area (Å²) in [5, 5.41) is 17.0. The van der Waals surface area contributed by atoms with Crippen molar-refractivity contribution in [1.82, 2.24) is 15.0 Å². The van der Waals surface area contributed by atoms with Crippen molar-refractivity contribution in [1.29, 1.82) is 0 Å². The van der Waals surface area contributed by atoms with E-state index in [1.165, 1.54) is 5.56 Å². The molecule has 0 aliphatic heterocycles. The van der Waals surface area contributed by atoms with Gasteiger partial charge in [-0.3, -0.25) is 0 Å². The zero-order valence-corrected chi connectivity index (χ0v) is 9.51. The Labute approximate surface area is 94.5 Å². The van der Waals surface area contributed by atoms with Crippen molar-refractivity contribution in [3.63, 3.8) is 0 Å². The number of hydrogen-bond acceptors (Lipinski definition) is 3. The van der Waals surface area contributed by atoms with Gasteiger partial charge in [0.15, 0.2) is 0 Å². The standard InChI is InChI=1S/C12H15N3O/c1-3-10-5-4-6-11(7-10)15-9(2)12(8-16)13-14-15/h4-7,16H,3,8H2,1-2H3. The van der Waals surface area contributed by atoms with Crippen molar-refractivity contribution < 1.29 is 5.11 Å². The van der Waals surface area contributed by atoms with E-state index >= 15 is 0 Å². The Balaban J connectivity index is 2.45. The van der Waals surface area contributed by atoms with Crippen LogP contribution in [0, 0.1) is 6.92 Å². The Morgan fingerprint density at radius 1 is 1.38 bits per heavy atom. The van der Waals surface area contributed by atoms with Crippen LogP contribution in [0.15, 0.2) is 24.3 Å². The van der Waals surface area contributed by atoms with Crippen LogP contribution in [0.4, 0.5) is 0 Å². The number of benzene rings is 1. The molecule has 1 aromatic carbocycles. The molecule has 0 bridgehead atoms. The number of aliphatic hydroxyl groups excluding tert-OH is 1. The van der Waals surface area contributed by atoms with E-state index in [0.29, 0.717) is 5.69 Å². The highest BCUT2D eigenvalue weighted by atomic mass is 16.3. The first-order valence-corrected chi connectivity index (χ1v) is 5.37. The molecule has 2 aromatic rings. The molecular weight excluding hydrogens is 202 g/mol. The van der Waals surface area contributed by atoms with Crippen molar-refractivity contribution in [3.05, 3.63) is 41.2 Å². The van der Waals surface area contributed by atoms with Crippen LogP contribution in [0.5, 0.6) is 0 Å². The average molecular weight is 217 g/mol. The number of aromatic nitrogens is 3. The van der Waals surface area contributed by atoms with Gasteiger partial charge in [0.1, 0.15) is 5.69 Å². The van der Waals surface area contributed by atoms with Gasteiger partial charge in [0.2, 0.25) is 0 Å². The lowest BCUT2D eigenvalue weighted by Gasteiger charge is -2.05. The summed E-state index contributed by atoms with van der Waals surface area (Å²) in [7, 11) is 0. The van der Waals surface area contributed by atoms with E-state index < -0.39 is 0 Å². The van der Waals surface area contributed by atoms with Crippen LogP contribution in [0.25, 0.3) is 5.69 Å². The van der Waals surface area contributed by atoms with Crippen LogP contribution >= 0.6 is 0 Å². The molecule has 1 heterocycles. The van der Waals surface area contributed by atoms with Crippen molar-refractivity contribution in [3.8, 4) is 5.69 Å². The van der Waals surface area contributed by atoms with Crippen LogP contribution in [0.2, 0.25) is 0 Å². The van der Waals surface area contributed by atoms with Crippen LogP contribution < -0.4 is 0 Å². The Morgan fingerprint density at radius 3 is 2.81 bits per heavy atom. The maximum absolute atomic E-state index is 9.06. The first-order chi connectivity index (χ1) is 7.76. The minimum absolute atomic E-state index is 0.0701. The van der Waals surface area contributed by atoms with E-state index in [1.807, 2.05) is 19.1 Å². The fraction of sp³-hybridized carbons (Fsp3) is 0.333. The molecule has 2 rings (SSSR count). The third-order valence-corrected chi connectivity index (χ3v) is 2.70. The molecule has 4 heteroatoms. The van der Waals surface area contributed by atoms with E-state index in [-0.39, 0.29) is 6.61 Å². The van der Waals surface area contributed by atoms with Gasteiger partial charge in [0, 0.05) is 0 Å². The Kier molecular flexibility index (Phi) is 3.01. The summed E-state index contributed by atoms with van der Waals surface area (Å²) in [6.45, 7) is 3.95. The van der Waals surface area contributed by atoms with Gasteiger partial charge in [-0.2, -0.15) is 0 Å². The van der Waals surface area contributed by atoms with E-state index in [0.717, 1.165) is 17.8 Å². The first kappa shape index (κ1) is 10.8. The smallest absolute Gasteiger partial charge is 0.111 e. The monoisotopic (exact) mass is 217 g/mol. The Hall–Kier alpha value is -1.68. The highest BCUT2D eigenvalue weighted by Gasteiger charge is 2.08. The van der Waals surface area contributed by atoms with Crippen LogP contribution in [0.1, 0.15) is 23.9 Å². The second-order valence-electron chi connectivity index (χ2n) is 3.71. The number of nitrogens with zero attached hydrogens (tertiary/aromatic N) is 3. The van der Waals surface area contributed by atoms with Crippen molar-refractivity contribution in [2.24, 2.45) is 0 Å². The molecule has 0 saturated carbocycles. The van der Waals surface area contributed by atoms with Gasteiger partial charge in [-0.15, -0.1) is 5.10 Å². The second-order valence-corrected chi connectivity index (χ2v) is 3.71. The fourth-order valence-electron chi connectivity index (χ4n) is 1.66. The largest absolute Gasteiger partial charge is 0.390 e. The summed E-state index contributed by atoms with van der Waals surface area (Å²) in [4.78, 5) is 0. The topological polar surface area (TPSA) is 50.9 Å². The summed E-state index contributed by atoms with van der Waals surface area (Å²) in [6.07, 6.45) is 0.994. The van der Waals surface area contributed by atoms with E-state index in [9.17, 15) is 0 Å². The Bertz CT molecular complexity index is 491. The molecule has 84 valence electrons. The summed E-state index contributed by atoms with van der Waals surface area (Å²) in [5.74, 6) is 0. The van der Waals surface area contributed by atoms with Crippen LogP contribution in [-0.2, 0) is 13.0 Å². The van der Waals surface area contributed by atoms with E-state index in [2.05, 4.69) is 29.4 Å². The molecule has 0 atom stereocenters. The summed E-state index contributed by atoms with van der Waals surface area (Å²) in [6, 6.07) is 8.17. The lowest BCUT2D eigenvalue weighted by molar-refractivity contribution is 0.276. The molecule has 1 N–H and O–H groups in total. The maximum Gasteiger partial charge on any atom is 0.111 e. The molecule has 16 heavy (non-hydrogen) atoms. The van der Waals surface area contributed by atoms with Gasteiger partial charge in [-0.05, 0) is 31.0 Å². The Morgan fingerprint density at radius 2 is 2.19 bits per heavy atom. The molecule has 0 aliphatic carbocycles. The van der Waals surface area contributed by atoms with Crippen molar-refractivity contribution >= 4 is 0 Å². The molecule has 1 aromatic heterocycles. The number of aliphatic hydroxyl groups is 1. The lowest BCUT2D eigenvalue weighted by atomic mass is 10.1. The molecule has 0 radical (unpaired) electrons. The van der Waals surface area contributed by atoms with Gasteiger partial charge < -0.3 is 5.11 Å². The minimum atomic E-state index is -0.0701. The predicted molar refractivity (Wildman–Crippen MR) is 61.4 cm³/mol. The molecular formula is C12H15N3O. The molecule has 0 saturated heterocycles. The third-order valence-electron chi connectivity index (χ3n) is 2.70. The summed E-state index contributed by atoms with van der Waals surface area (Å²) >= 11 is 0. The predicted octanol–water partition coefficient (Wildman–Crippen LogP) is 1.63. The normalized spacial score (nSPS) is 10.7. The number of rotatable bonds is 3. The van der Waals surface area contributed by atoms with Gasteiger partial charge >= 0.3 is 0 Å². The molecule has 0 aliphatic rings. The SMILES string of the molecule is CCc1cccc(-n2nnc(CO)c2C)c1. The fourth-order valence-corrected chi connectivity index (χ4v) is 1.66. The maximum atomic E-state index is 9.06. The van der Waals surface area contributed by atoms with E-state index in [1.54, 1.807) is 4.68 Å². The lowest BCUT2D eigenvalue weighted by Crippen LogP contribution is -2.00. The third kappa shape index (κ3) is 1.84. The highest BCUT2D eigenvalue weighted by Crippen LogP contribution is 2.14. The first-order valence-electron chi connectivity index (χ1n) is 5.37. The molecule has 0 fully saturated rings. The number of aryl methyl sites for hydroxylation is 1. The average Bonchev–Trinajstić information content (AvgIpc) is 2.70. The van der Waals surface area contributed by atoms with E-state index in [4.69, 9.17) is 5.11 Å². The molecule has 0 unspecified atom stereocenters.